The molecule has 6 nitrogen and oxygen atoms in total. The smallest absolute Gasteiger partial charge is 0.258 e. The maximum absolute atomic E-state index is 12.0. The van der Waals surface area contributed by atoms with Gasteiger partial charge in [-0.3, -0.25) is 20.2 Å². The molecule has 0 saturated carbocycles. The zero-order valence-electron chi connectivity index (χ0n) is 14.5. The van der Waals surface area contributed by atoms with E-state index in [1.165, 1.54) is 0 Å². The van der Waals surface area contributed by atoms with Gasteiger partial charge in [0, 0.05) is 5.39 Å². The number of nitro benzene ring substituents is 2. The molecule has 0 unspecified atom stereocenters. The minimum atomic E-state index is -0.644. The molecular formula is C22H12N2O4. The van der Waals surface area contributed by atoms with Gasteiger partial charge in [0.25, 0.3) is 0 Å². The Bertz CT molecular complexity index is 1400. The Morgan fingerprint density at radius 3 is 1.79 bits per heavy atom. The zero-order chi connectivity index (χ0) is 19.4. The molecule has 5 rings (SSSR count). The molecule has 134 valence electrons. The minimum Gasteiger partial charge on any atom is -0.258 e. The van der Waals surface area contributed by atoms with E-state index in [4.69, 9.17) is 0 Å². The molecule has 0 aliphatic carbocycles. The van der Waals surface area contributed by atoms with Crippen LogP contribution in [0.4, 0.5) is 11.4 Å². The Balaban J connectivity index is 2.15. The molecule has 0 atom stereocenters. The summed E-state index contributed by atoms with van der Waals surface area (Å²) < 4.78 is 0. The van der Waals surface area contributed by atoms with Crippen molar-refractivity contribution in [1.82, 2.24) is 0 Å². The number of nitrogens with zero attached hydrogens (tertiary/aromatic N) is 2. The molecule has 0 aliphatic heterocycles. The Labute approximate surface area is 158 Å². The second kappa shape index (κ2) is 5.72. The highest BCUT2D eigenvalue weighted by molar-refractivity contribution is 6.29. The van der Waals surface area contributed by atoms with Crippen LogP contribution in [0.25, 0.3) is 43.4 Å². The third kappa shape index (κ3) is 2.08. The second-order valence-electron chi connectivity index (χ2n) is 6.63. The van der Waals surface area contributed by atoms with Crippen molar-refractivity contribution >= 4 is 43.7 Å². The molecule has 0 aliphatic rings. The highest BCUT2D eigenvalue weighted by Gasteiger charge is 2.35. The van der Waals surface area contributed by atoms with Crippen LogP contribution in [0.3, 0.4) is 0 Å². The summed E-state index contributed by atoms with van der Waals surface area (Å²) in [6.45, 7) is 0. The molecule has 0 bridgehead atoms. The normalized spacial score (nSPS) is 11.4. The molecule has 0 heterocycles. The first-order valence-corrected chi connectivity index (χ1v) is 8.65. The van der Waals surface area contributed by atoms with Crippen LogP contribution >= 0.6 is 0 Å². The van der Waals surface area contributed by atoms with E-state index < -0.39 is 21.2 Å². The molecule has 0 aromatic heterocycles. The van der Waals surface area contributed by atoms with Gasteiger partial charge in [-0.15, -0.1) is 0 Å². The lowest BCUT2D eigenvalue weighted by Gasteiger charge is -2.15. The quantitative estimate of drug-likeness (QED) is 0.220. The van der Waals surface area contributed by atoms with Gasteiger partial charge in [-0.2, -0.15) is 0 Å². The largest absolute Gasteiger partial charge is 0.355 e. The van der Waals surface area contributed by atoms with Gasteiger partial charge in [-0.25, -0.2) is 0 Å². The minimum absolute atomic E-state index is 0.281. The summed E-state index contributed by atoms with van der Waals surface area (Å²) >= 11 is 0. The average molecular weight is 368 g/mol. The van der Waals surface area contributed by atoms with Crippen molar-refractivity contribution < 1.29 is 9.85 Å². The fourth-order valence-electron chi connectivity index (χ4n) is 4.12. The van der Waals surface area contributed by atoms with E-state index in [2.05, 4.69) is 0 Å². The first-order chi connectivity index (χ1) is 13.6. The number of rotatable bonds is 3. The maximum Gasteiger partial charge on any atom is 0.355 e. The van der Waals surface area contributed by atoms with Crippen LogP contribution in [0, 0.1) is 20.2 Å². The predicted octanol–water partition coefficient (Wildman–Crippen LogP) is 6.07. The van der Waals surface area contributed by atoms with Crippen molar-refractivity contribution in [3.63, 3.8) is 0 Å². The van der Waals surface area contributed by atoms with Crippen LogP contribution in [0.5, 0.6) is 0 Å². The van der Waals surface area contributed by atoms with Crippen LogP contribution in [0.1, 0.15) is 0 Å². The molecule has 0 saturated heterocycles. The number of hydrogen-bond donors (Lipinski definition) is 0. The van der Waals surface area contributed by atoms with Crippen molar-refractivity contribution in [1.29, 1.82) is 0 Å². The van der Waals surface area contributed by atoms with E-state index in [1.807, 2.05) is 30.3 Å². The lowest BCUT2D eigenvalue weighted by Crippen LogP contribution is -2.02. The first-order valence-electron chi connectivity index (χ1n) is 8.65. The Morgan fingerprint density at radius 1 is 0.571 bits per heavy atom. The van der Waals surface area contributed by atoms with Crippen LogP contribution in [0.15, 0.2) is 72.8 Å². The number of benzene rings is 5. The number of nitro groups is 2. The van der Waals surface area contributed by atoms with Crippen molar-refractivity contribution in [2.45, 2.75) is 0 Å². The highest BCUT2D eigenvalue weighted by atomic mass is 16.6. The van der Waals surface area contributed by atoms with Gasteiger partial charge in [0.1, 0.15) is 0 Å². The van der Waals surface area contributed by atoms with Gasteiger partial charge in [0.2, 0.25) is 0 Å². The average Bonchev–Trinajstić information content (AvgIpc) is 2.71. The molecule has 5 aromatic carbocycles. The summed E-state index contributed by atoms with van der Waals surface area (Å²) in [6.07, 6.45) is 0. The van der Waals surface area contributed by atoms with E-state index in [1.54, 1.807) is 42.5 Å². The Morgan fingerprint density at radius 2 is 1.18 bits per heavy atom. The Kier molecular flexibility index (Phi) is 3.30. The molecule has 5 aromatic rings. The topological polar surface area (TPSA) is 86.3 Å². The van der Waals surface area contributed by atoms with E-state index in [0.29, 0.717) is 16.3 Å². The van der Waals surface area contributed by atoms with Crippen molar-refractivity contribution in [3.8, 4) is 11.1 Å². The lowest BCUT2D eigenvalue weighted by atomic mass is 9.87. The van der Waals surface area contributed by atoms with Crippen molar-refractivity contribution in [2.24, 2.45) is 0 Å². The van der Waals surface area contributed by atoms with Gasteiger partial charge >= 0.3 is 11.4 Å². The summed E-state index contributed by atoms with van der Waals surface area (Å²) in [4.78, 5) is 22.7. The molecule has 0 fully saturated rings. The van der Waals surface area contributed by atoms with Crippen molar-refractivity contribution in [3.05, 3.63) is 93.0 Å². The molecule has 0 amide bonds. The van der Waals surface area contributed by atoms with Crippen LogP contribution < -0.4 is 0 Å². The van der Waals surface area contributed by atoms with E-state index >= 15 is 0 Å². The monoisotopic (exact) mass is 368 g/mol. The van der Waals surface area contributed by atoms with Crippen molar-refractivity contribution in [2.75, 3.05) is 0 Å². The first kappa shape index (κ1) is 16.1. The molecule has 0 N–H and O–H groups in total. The zero-order valence-corrected chi connectivity index (χ0v) is 14.5. The standard InChI is InChI=1S/C22H12N2O4/c25-23(26)21-17-12-10-15-8-4-7-14-9-11-16(20(17)18(14)15)19(22(21)24(27)28)13-5-2-1-3-6-13/h1-12H. The summed E-state index contributed by atoms with van der Waals surface area (Å²) in [5, 5.41) is 28.3. The van der Waals surface area contributed by atoms with Gasteiger partial charge in [0.15, 0.2) is 0 Å². The summed E-state index contributed by atoms with van der Waals surface area (Å²) in [5.74, 6) is 0. The van der Waals surface area contributed by atoms with Gasteiger partial charge in [-0.05, 0) is 33.2 Å². The van der Waals surface area contributed by atoms with E-state index in [0.717, 1.165) is 16.2 Å². The second-order valence-corrected chi connectivity index (χ2v) is 6.63. The predicted molar refractivity (Wildman–Crippen MR) is 109 cm³/mol. The van der Waals surface area contributed by atoms with Gasteiger partial charge in [0.05, 0.1) is 20.8 Å². The SMILES string of the molecule is O=[N+]([O-])c1c(-c2ccccc2)c2ccc3cccc4ccc(c1[N+](=O)[O-])c2c34. The molecule has 0 radical (unpaired) electrons. The van der Waals surface area contributed by atoms with Crippen LogP contribution in [-0.2, 0) is 0 Å². The third-order valence-electron chi connectivity index (χ3n) is 5.19. The molecular weight excluding hydrogens is 356 g/mol. The highest BCUT2D eigenvalue weighted by Crippen LogP contribution is 2.49. The maximum atomic E-state index is 12.0. The fraction of sp³-hybridized carbons (Fsp3) is 0. The van der Waals surface area contributed by atoms with Crippen LogP contribution in [-0.4, -0.2) is 9.85 Å². The number of hydrogen-bond acceptors (Lipinski definition) is 4. The van der Waals surface area contributed by atoms with E-state index in [9.17, 15) is 20.2 Å². The Hall–Kier alpha value is -4.06. The van der Waals surface area contributed by atoms with Crippen LogP contribution in [0.2, 0.25) is 0 Å². The van der Waals surface area contributed by atoms with Gasteiger partial charge in [-0.1, -0.05) is 66.7 Å². The summed E-state index contributed by atoms with van der Waals surface area (Å²) in [6, 6.07) is 21.8. The summed E-state index contributed by atoms with van der Waals surface area (Å²) in [5.41, 5.74) is -0.0741. The molecule has 6 heteroatoms. The molecule has 0 spiro atoms. The van der Waals surface area contributed by atoms with E-state index in [-0.39, 0.29) is 10.9 Å². The fourth-order valence-corrected chi connectivity index (χ4v) is 4.12. The third-order valence-corrected chi connectivity index (χ3v) is 5.19. The van der Waals surface area contributed by atoms with Gasteiger partial charge < -0.3 is 0 Å². The molecule has 28 heavy (non-hydrogen) atoms. The lowest BCUT2D eigenvalue weighted by molar-refractivity contribution is -0.420. The summed E-state index contributed by atoms with van der Waals surface area (Å²) in [7, 11) is 0.